The fourth-order valence-electron chi connectivity index (χ4n) is 3.41. The van der Waals surface area contributed by atoms with E-state index in [0.717, 1.165) is 65.9 Å². The quantitative estimate of drug-likeness (QED) is 0.644. The number of carbonyl (C=O) groups excluding carboxylic acids is 1. The summed E-state index contributed by atoms with van der Waals surface area (Å²) in [6, 6.07) is 7.91. The largest absolute Gasteiger partial charge is 0.494 e. The molecule has 5 nitrogen and oxygen atoms in total. The molecule has 162 valence electrons. The molecule has 0 saturated carbocycles. The van der Waals surface area contributed by atoms with Crippen LogP contribution in [-0.2, 0) is 0 Å². The molecule has 1 aromatic carbocycles. The van der Waals surface area contributed by atoms with Crippen molar-refractivity contribution >= 4 is 42.1 Å². The number of hydrogen-bond acceptors (Lipinski definition) is 5. The molecule has 2 aromatic rings. The second-order valence-corrected chi connectivity index (χ2v) is 7.93. The van der Waals surface area contributed by atoms with E-state index in [1.165, 1.54) is 11.3 Å². The number of ether oxygens (including phenoxy) is 1. The number of hydrogen-bond donors (Lipinski definition) is 1. The molecule has 0 aliphatic carbocycles. The van der Waals surface area contributed by atoms with E-state index in [1.807, 2.05) is 43.0 Å². The molecule has 1 N–H and O–H groups in total. The lowest BCUT2D eigenvalue weighted by molar-refractivity contribution is 0.0694. The van der Waals surface area contributed by atoms with Gasteiger partial charge in [0.1, 0.15) is 15.6 Å². The second kappa shape index (κ2) is 12.4. The normalized spacial score (nSPS) is 14.1. The van der Waals surface area contributed by atoms with Crippen LogP contribution < -0.4 is 10.1 Å². The molecule has 1 saturated heterocycles. The number of piperidine rings is 1. The van der Waals surface area contributed by atoms with Crippen LogP contribution in [0.25, 0.3) is 10.6 Å². The zero-order chi connectivity index (χ0) is 19.2. The molecule has 1 aromatic heterocycles. The highest BCUT2D eigenvalue weighted by molar-refractivity contribution is 7.17. The number of amides is 1. The number of likely N-dealkylation sites (tertiary alicyclic amines) is 1. The topological polar surface area (TPSA) is 54.5 Å². The van der Waals surface area contributed by atoms with E-state index < -0.39 is 0 Å². The third kappa shape index (κ3) is 6.57. The summed E-state index contributed by atoms with van der Waals surface area (Å²) in [5.74, 6) is 1.66. The highest BCUT2D eigenvalue weighted by atomic mass is 35.5. The van der Waals surface area contributed by atoms with Crippen molar-refractivity contribution in [1.82, 2.24) is 15.2 Å². The van der Waals surface area contributed by atoms with Gasteiger partial charge in [0, 0.05) is 18.7 Å². The van der Waals surface area contributed by atoms with Gasteiger partial charge in [-0.1, -0.05) is 6.92 Å². The van der Waals surface area contributed by atoms with Gasteiger partial charge >= 0.3 is 0 Å². The Morgan fingerprint density at radius 3 is 2.45 bits per heavy atom. The number of benzene rings is 1. The van der Waals surface area contributed by atoms with Crippen LogP contribution in [0.1, 0.15) is 42.1 Å². The summed E-state index contributed by atoms with van der Waals surface area (Å²) in [6.07, 6.45) is 2.14. The van der Waals surface area contributed by atoms with Gasteiger partial charge in [-0.3, -0.25) is 4.79 Å². The summed E-state index contributed by atoms with van der Waals surface area (Å²) in [5.41, 5.74) is 1.85. The molecule has 0 spiro atoms. The highest BCUT2D eigenvalue weighted by Crippen LogP contribution is 2.31. The van der Waals surface area contributed by atoms with Crippen molar-refractivity contribution in [3.63, 3.8) is 0 Å². The van der Waals surface area contributed by atoms with Gasteiger partial charge < -0.3 is 15.0 Å². The number of aryl methyl sites for hydroxylation is 1. The second-order valence-electron chi connectivity index (χ2n) is 6.93. The monoisotopic (exact) mass is 459 g/mol. The van der Waals surface area contributed by atoms with E-state index in [1.54, 1.807) is 0 Å². The first-order valence-electron chi connectivity index (χ1n) is 9.83. The summed E-state index contributed by atoms with van der Waals surface area (Å²) in [4.78, 5) is 20.4. The van der Waals surface area contributed by atoms with E-state index in [9.17, 15) is 4.79 Å². The minimum Gasteiger partial charge on any atom is -0.494 e. The van der Waals surface area contributed by atoms with Crippen molar-refractivity contribution in [3.05, 3.63) is 34.8 Å². The fourth-order valence-corrected chi connectivity index (χ4v) is 4.45. The maximum absolute atomic E-state index is 13.0. The number of carbonyl (C=O) groups is 1. The average Bonchev–Trinajstić information content (AvgIpc) is 3.08. The summed E-state index contributed by atoms with van der Waals surface area (Å²) >= 11 is 1.49. The maximum Gasteiger partial charge on any atom is 0.265 e. The zero-order valence-corrected chi connectivity index (χ0v) is 19.7. The van der Waals surface area contributed by atoms with Crippen LogP contribution in [0.4, 0.5) is 0 Å². The Balaban J connectivity index is 0.00000210. The van der Waals surface area contributed by atoms with Crippen LogP contribution in [0, 0.1) is 12.8 Å². The smallest absolute Gasteiger partial charge is 0.265 e. The third-order valence-electron chi connectivity index (χ3n) is 4.99. The van der Waals surface area contributed by atoms with Gasteiger partial charge in [-0.05, 0) is 70.0 Å². The van der Waals surface area contributed by atoms with Crippen molar-refractivity contribution in [2.45, 2.75) is 33.6 Å². The molecule has 1 aliphatic rings. The van der Waals surface area contributed by atoms with Crippen LogP contribution in [0.3, 0.4) is 0 Å². The van der Waals surface area contributed by atoms with Gasteiger partial charge in [0.2, 0.25) is 0 Å². The van der Waals surface area contributed by atoms with Crippen molar-refractivity contribution in [2.24, 2.45) is 5.92 Å². The molecule has 0 atom stereocenters. The Hall–Kier alpha value is -1.34. The average molecular weight is 460 g/mol. The molecule has 2 heterocycles. The van der Waals surface area contributed by atoms with Crippen molar-refractivity contribution in [3.8, 4) is 16.3 Å². The summed E-state index contributed by atoms with van der Waals surface area (Å²) in [7, 11) is 0. The number of halogens is 2. The lowest BCUT2D eigenvalue weighted by atomic mass is 9.96. The van der Waals surface area contributed by atoms with Gasteiger partial charge in [0.15, 0.2) is 0 Å². The van der Waals surface area contributed by atoms with E-state index in [0.29, 0.717) is 12.5 Å². The zero-order valence-electron chi connectivity index (χ0n) is 17.3. The Morgan fingerprint density at radius 1 is 1.21 bits per heavy atom. The Bertz CT molecular complexity index is 760. The predicted octanol–water partition coefficient (Wildman–Crippen LogP) is 4.82. The molecular weight excluding hydrogens is 429 g/mol. The fraction of sp³-hybridized carbons (Fsp3) is 0.524. The molecule has 8 heteroatoms. The Labute approximate surface area is 190 Å². The van der Waals surface area contributed by atoms with Gasteiger partial charge in [-0.2, -0.15) is 0 Å². The molecule has 1 aliphatic heterocycles. The van der Waals surface area contributed by atoms with Crippen LogP contribution >= 0.6 is 36.2 Å². The molecule has 0 unspecified atom stereocenters. The number of thiazole rings is 1. The first-order chi connectivity index (χ1) is 13.1. The van der Waals surface area contributed by atoms with Gasteiger partial charge in [0.25, 0.3) is 5.91 Å². The van der Waals surface area contributed by atoms with Gasteiger partial charge in [0.05, 0.1) is 12.3 Å². The van der Waals surface area contributed by atoms with Crippen LogP contribution in [0.15, 0.2) is 24.3 Å². The van der Waals surface area contributed by atoms with Crippen molar-refractivity contribution in [1.29, 1.82) is 0 Å². The van der Waals surface area contributed by atoms with Crippen LogP contribution in [-0.4, -0.2) is 48.6 Å². The lowest BCUT2D eigenvalue weighted by Crippen LogP contribution is -2.40. The minimum absolute atomic E-state index is 0. The Kier molecular flexibility index (Phi) is 11.0. The van der Waals surface area contributed by atoms with Crippen LogP contribution in [0.5, 0.6) is 5.75 Å². The SMILES string of the molecule is CCNCC1CCN(C(=O)c2sc(-c3ccc(OCC)cc3)nc2C)CC1.Cl.Cl. The highest BCUT2D eigenvalue weighted by Gasteiger charge is 2.26. The molecule has 1 fully saturated rings. The van der Waals surface area contributed by atoms with E-state index in [-0.39, 0.29) is 30.7 Å². The summed E-state index contributed by atoms with van der Waals surface area (Å²) < 4.78 is 5.49. The van der Waals surface area contributed by atoms with Crippen molar-refractivity contribution in [2.75, 3.05) is 32.8 Å². The molecule has 1 amide bonds. The van der Waals surface area contributed by atoms with Crippen LogP contribution in [0.2, 0.25) is 0 Å². The summed E-state index contributed by atoms with van der Waals surface area (Å²) in [5, 5.41) is 4.31. The molecule has 29 heavy (non-hydrogen) atoms. The lowest BCUT2D eigenvalue weighted by Gasteiger charge is -2.31. The predicted molar refractivity (Wildman–Crippen MR) is 125 cm³/mol. The molecule has 0 bridgehead atoms. The van der Waals surface area contributed by atoms with E-state index in [2.05, 4.69) is 17.2 Å². The molecule has 0 radical (unpaired) electrons. The standard InChI is InChI=1S/C21H29N3O2S.2ClH/c1-4-22-14-16-10-12-24(13-11-16)21(25)19-15(3)23-20(27-19)17-6-8-18(9-7-17)26-5-2;;/h6-9,16,22H,4-5,10-14H2,1-3H3;2*1H. The van der Waals surface area contributed by atoms with E-state index in [4.69, 9.17) is 4.74 Å². The first-order valence-corrected chi connectivity index (χ1v) is 10.6. The summed E-state index contributed by atoms with van der Waals surface area (Å²) in [6.45, 7) is 10.4. The third-order valence-corrected chi connectivity index (χ3v) is 6.18. The van der Waals surface area contributed by atoms with E-state index >= 15 is 0 Å². The minimum atomic E-state index is 0. The molecular formula is C21H31Cl2N3O2S. The number of rotatable bonds is 7. The van der Waals surface area contributed by atoms with Crippen molar-refractivity contribution < 1.29 is 9.53 Å². The number of nitrogens with zero attached hydrogens (tertiary/aromatic N) is 2. The molecule has 3 rings (SSSR count). The first kappa shape index (κ1) is 25.7. The van der Waals surface area contributed by atoms with Gasteiger partial charge in [-0.15, -0.1) is 36.2 Å². The number of aromatic nitrogens is 1. The number of nitrogens with one attached hydrogen (secondary N) is 1. The van der Waals surface area contributed by atoms with Gasteiger partial charge in [-0.25, -0.2) is 4.98 Å². The Morgan fingerprint density at radius 2 is 1.86 bits per heavy atom. The maximum atomic E-state index is 13.0.